The van der Waals surface area contributed by atoms with Gasteiger partial charge in [0.25, 0.3) is 0 Å². The van der Waals surface area contributed by atoms with Crippen LogP contribution in [-0.4, -0.2) is 24.1 Å². The van der Waals surface area contributed by atoms with E-state index in [4.69, 9.17) is 0 Å². The Morgan fingerprint density at radius 3 is 2.83 bits per heavy atom. The lowest BCUT2D eigenvalue weighted by molar-refractivity contribution is 0.583. The highest BCUT2D eigenvalue weighted by Gasteiger charge is 2.28. The Balaban J connectivity index is 2.07. The first-order chi connectivity index (χ1) is 8.76. The Hall–Kier alpha value is -1.35. The summed E-state index contributed by atoms with van der Waals surface area (Å²) in [6.07, 6.45) is 6.55. The first-order valence-corrected chi connectivity index (χ1v) is 6.83. The van der Waals surface area contributed by atoms with E-state index < -0.39 is 0 Å². The quantitative estimate of drug-likeness (QED) is 0.749. The fourth-order valence-corrected chi connectivity index (χ4v) is 2.22. The molecule has 1 aliphatic carbocycles. The molecule has 1 aromatic heterocycles. The molecule has 0 radical (unpaired) electrons. The van der Waals surface area contributed by atoms with E-state index >= 15 is 0 Å². The summed E-state index contributed by atoms with van der Waals surface area (Å²) in [6, 6.07) is 5.32. The zero-order valence-electron chi connectivity index (χ0n) is 11.4. The van der Waals surface area contributed by atoms with Crippen LogP contribution in [0.3, 0.4) is 0 Å². The van der Waals surface area contributed by atoms with E-state index in [2.05, 4.69) is 47.8 Å². The van der Waals surface area contributed by atoms with Crippen LogP contribution >= 0.6 is 0 Å². The average molecular weight is 245 g/mol. The van der Waals surface area contributed by atoms with Crippen molar-refractivity contribution in [2.75, 3.05) is 18.0 Å². The minimum absolute atomic E-state index is 0.317. The van der Waals surface area contributed by atoms with Crippen LogP contribution in [0.2, 0.25) is 0 Å². The maximum atomic E-state index is 4.57. The molecule has 1 N–H and O–H groups in total. The van der Waals surface area contributed by atoms with E-state index in [0.717, 1.165) is 18.8 Å². The molecule has 0 spiro atoms. The van der Waals surface area contributed by atoms with Crippen molar-refractivity contribution in [2.45, 2.75) is 38.8 Å². The van der Waals surface area contributed by atoms with E-state index in [1.807, 2.05) is 12.3 Å². The summed E-state index contributed by atoms with van der Waals surface area (Å²) < 4.78 is 0. The minimum Gasteiger partial charge on any atom is -0.364 e. The zero-order chi connectivity index (χ0) is 13.0. The van der Waals surface area contributed by atoms with Crippen molar-refractivity contribution in [3.8, 4) is 0 Å². The van der Waals surface area contributed by atoms with Crippen LogP contribution in [0.25, 0.3) is 0 Å². The Morgan fingerprint density at radius 1 is 1.56 bits per heavy atom. The first kappa shape index (κ1) is 13.1. The predicted octanol–water partition coefficient (Wildman–Crippen LogP) is 2.91. The molecule has 3 heteroatoms. The maximum Gasteiger partial charge on any atom is 0.0572 e. The predicted molar refractivity (Wildman–Crippen MR) is 76.9 cm³/mol. The average Bonchev–Trinajstić information content (AvgIpc) is 3.21. The number of anilines is 1. The summed E-state index contributed by atoms with van der Waals surface area (Å²) in [7, 11) is 0. The number of aromatic nitrogens is 1. The third-order valence-electron chi connectivity index (χ3n) is 3.37. The molecule has 2 rings (SSSR count). The fourth-order valence-electron chi connectivity index (χ4n) is 2.22. The van der Waals surface area contributed by atoms with Gasteiger partial charge in [0.05, 0.1) is 17.6 Å². The highest BCUT2D eigenvalue weighted by atomic mass is 15.2. The van der Waals surface area contributed by atoms with Gasteiger partial charge < -0.3 is 10.2 Å². The fraction of sp³-hybridized carbons (Fsp3) is 0.533. The van der Waals surface area contributed by atoms with Gasteiger partial charge >= 0.3 is 0 Å². The van der Waals surface area contributed by atoms with Crippen molar-refractivity contribution < 1.29 is 0 Å². The second kappa shape index (κ2) is 6.01. The molecule has 1 unspecified atom stereocenters. The molecule has 1 fully saturated rings. The molecule has 0 bridgehead atoms. The standard InChI is InChI=1S/C15H23N3/c1-4-10-18(13-6-7-13)14-8-9-15(17-11-14)12(3)16-5-2/h4,8-9,11-13,16H,1,5-7,10H2,2-3H3. The molecule has 0 saturated heterocycles. The molecule has 1 aromatic rings. The summed E-state index contributed by atoms with van der Waals surface area (Å²) in [5.41, 5.74) is 2.32. The lowest BCUT2D eigenvalue weighted by Crippen LogP contribution is -2.26. The highest BCUT2D eigenvalue weighted by Crippen LogP contribution is 2.31. The van der Waals surface area contributed by atoms with Crippen molar-refractivity contribution in [1.29, 1.82) is 0 Å². The second-order valence-corrected chi connectivity index (χ2v) is 4.89. The van der Waals surface area contributed by atoms with Crippen LogP contribution < -0.4 is 10.2 Å². The van der Waals surface area contributed by atoms with E-state index in [1.54, 1.807) is 0 Å². The third kappa shape index (κ3) is 3.10. The monoisotopic (exact) mass is 245 g/mol. The molecule has 98 valence electrons. The molecule has 1 saturated carbocycles. The molecular formula is C15H23N3. The van der Waals surface area contributed by atoms with E-state index in [1.165, 1.54) is 18.5 Å². The van der Waals surface area contributed by atoms with E-state index in [-0.39, 0.29) is 0 Å². The topological polar surface area (TPSA) is 28.2 Å². The lowest BCUT2D eigenvalue weighted by atomic mass is 10.2. The van der Waals surface area contributed by atoms with Crippen molar-refractivity contribution in [1.82, 2.24) is 10.3 Å². The maximum absolute atomic E-state index is 4.57. The van der Waals surface area contributed by atoms with Gasteiger partial charge in [0, 0.05) is 18.6 Å². The summed E-state index contributed by atoms with van der Waals surface area (Å²) in [4.78, 5) is 6.96. The molecule has 0 aromatic carbocycles. The van der Waals surface area contributed by atoms with Crippen molar-refractivity contribution in [3.05, 3.63) is 36.7 Å². The summed E-state index contributed by atoms with van der Waals surface area (Å²) in [5.74, 6) is 0. The van der Waals surface area contributed by atoms with Gasteiger partial charge in [-0.3, -0.25) is 4.98 Å². The molecule has 1 atom stereocenters. The van der Waals surface area contributed by atoms with Crippen LogP contribution in [-0.2, 0) is 0 Å². The first-order valence-electron chi connectivity index (χ1n) is 6.83. The van der Waals surface area contributed by atoms with Crippen molar-refractivity contribution in [2.24, 2.45) is 0 Å². The summed E-state index contributed by atoms with van der Waals surface area (Å²) in [6.45, 7) is 9.97. The normalized spacial score (nSPS) is 16.3. The van der Waals surface area contributed by atoms with Gasteiger partial charge in [-0.05, 0) is 38.4 Å². The van der Waals surface area contributed by atoms with Gasteiger partial charge in [0.2, 0.25) is 0 Å². The van der Waals surface area contributed by atoms with Crippen LogP contribution in [0.1, 0.15) is 38.4 Å². The van der Waals surface area contributed by atoms with Gasteiger partial charge in [0.1, 0.15) is 0 Å². The number of rotatable bonds is 7. The van der Waals surface area contributed by atoms with Gasteiger partial charge in [-0.15, -0.1) is 6.58 Å². The SMILES string of the molecule is C=CCN(c1ccc(C(C)NCC)nc1)C1CC1. The number of hydrogen-bond donors (Lipinski definition) is 1. The minimum atomic E-state index is 0.317. The molecule has 0 amide bonds. The van der Waals surface area contributed by atoms with E-state index in [0.29, 0.717) is 12.1 Å². The summed E-state index contributed by atoms with van der Waals surface area (Å²) >= 11 is 0. The largest absolute Gasteiger partial charge is 0.364 e. The summed E-state index contributed by atoms with van der Waals surface area (Å²) in [5, 5.41) is 3.38. The van der Waals surface area contributed by atoms with Gasteiger partial charge in [-0.2, -0.15) is 0 Å². The second-order valence-electron chi connectivity index (χ2n) is 4.89. The molecule has 18 heavy (non-hydrogen) atoms. The molecule has 1 heterocycles. The molecule has 0 aliphatic heterocycles. The Morgan fingerprint density at radius 2 is 2.33 bits per heavy atom. The molecular weight excluding hydrogens is 222 g/mol. The van der Waals surface area contributed by atoms with Crippen LogP contribution in [0.15, 0.2) is 31.0 Å². The van der Waals surface area contributed by atoms with Crippen molar-refractivity contribution >= 4 is 5.69 Å². The Bertz CT molecular complexity index is 381. The number of nitrogens with one attached hydrogen (secondary N) is 1. The third-order valence-corrected chi connectivity index (χ3v) is 3.37. The molecule has 3 nitrogen and oxygen atoms in total. The smallest absolute Gasteiger partial charge is 0.0572 e. The van der Waals surface area contributed by atoms with E-state index in [9.17, 15) is 0 Å². The van der Waals surface area contributed by atoms with Crippen LogP contribution in [0.4, 0.5) is 5.69 Å². The Kier molecular flexibility index (Phi) is 4.37. The number of hydrogen-bond acceptors (Lipinski definition) is 3. The zero-order valence-corrected chi connectivity index (χ0v) is 11.4. The van der Waals surface area contributed by atoms with Gasteiger partial charge in [-0.25, -0.2) is 0 Å². The Labute approximate surface area is 110 Å². The van der Waals surface area contributed by atoms with Gasteiger partial charge in [0.15, 0.2) is 0 Å². The van der Waals surface area contributed by atoms with Crippen molar-refractivity contribution in [3.63, 3.8) is 0 Å². The highest BCUT2D eigenvalue weighted by molar-refractivity contribution is 5.48. The number of nitrogens with zero attached hydrogens (tertiary/aromatic N) is 2. The van der Waals surface area contributed by atoms with Crippen LogP contribution in [0, 0.1) is 0 Å². The van der Waals surface area contributed by atoms with Gasteiger partial charge in [-0.1, -0.05) is 13.0 Å². The van der Waals surface area contributed by atoms with Crippen LogP contribution in [0.5, 0.6) is 0 Å². The number of pyridine rings is 1. The lowest BCUT2D eigenvalue weighted by Gasteiger charge is -2.23. The molecule has 1 aliphatic rings.